The summed E-state index contributed by atoms with van der Waals surface area (Å²) in [7, 11) is -4.07. The molecule has 0 heterocycles. The average Bonchev–Trinajstić information content (AvgIpc) is 2.87. The number of amides is 2. The Morgan fingerprint density at radius 1 is 0.889 bits per heavy atom. The van der Waals surface area contributed by atoms with Crippen LogP contribution in [0.25, 0.3) is 0 Å². The van der Waals surface area contributed by atoms with E-state index in [9.17, 15) is 18.0 Å². The van der Waals surface area contributed by atoms with Crippen LogP contribution in [0.2, 0.25) is 0 Å². The van der Waals surface area contributed by atoms with Gasteiger partial charge in [-0.1, -0.05) is 66.2 Å². The number of nitrogens with one attached hydrogen (secondary N) is 1. The van der Waals surface area contributed by atoms with Crippen molar-refractivity contribution in [3.8, 4) is 0 Å². The fourth-order valence-corrected chi connectivity index (χ4v) is 5.36. The minimum atomic E-state index is -4.07. The Bertz CT molecular complexity index is 1290. The lowest BCUT2D eigenvalue weighted by atomic mass is 10.1. The van der Waals surface area contributed by atoms with Gasteiger partial charge in [-0.3, -0.25) is 13.9 Å². The van der Waals surface area contributed by atoms with Gasteiger partial charge in [0.25, 0.3) is 10.0 Å². The second kappa shape index (κ2) is 11.9. The maximum absolute atomic E-state index is 13.8. The van der Waals surface area contributed by atoms with E-state index >= 15 is 0 Å². The number of benzene rings is 3. The van der Waals surface area contributed by atoms with Crippen LogP contribution in [-0.4, -0.2) is 44.3 Å². The summed E-state index contributed by atoms with van der Waals surface area (Å²) in [6.45, 7) is 7.29. The van der Waals surface area contributed by atoms with Crippen LogP contribution in [-0.2, 0) is 26.2 Å². The summed E-state index contributed by atoms with van der Waals surface area (Å²) in [4.78, 5) is 28.0. The molecule has 0 saturated carbocycles. The standard InChI is InChI=1S/C28H33N3O4S/c1-5-29-28(33)23(4)30(19-24-12-7-6-8-13-24)27(32)20-31(26-14-10-9-11-22(26)3)36(34,35)25-17-15-21(2)16-18-25/h6-18,23H,5,19-20H2,1-4H3,(H,29,33)/t23-/m0/s1. The van der Waals surface area contributed by atoms with Crippen molar-refractivity contribution in [2.45, 2.75) is 45.2 Å². The lowest BCUT2D eigenvalue weighted by molar-refractivity contribution is -0.139. The van der Waals surface area contributed by atoms with Crippen molar-refractivity contribution in [2.24, 2.45) is 0 Å². The number of hydrogen-bond acceptors (Lipinski definition) is 4. The molecule has 3 rings (SSSR count). The van der Waals surface area contributed by atoms with Crippen molar-refractivity contribution in [3.63, 3.8) is 0 Å². The van der Waals surface area contributed by atoms with E-state index in [0.29, 0.717) is 17.8 Å². The van der Waals surface area contributed by atoms with Crippen LogP contribution in [0.4, 0.5) is 5.69 Å². The van der Waals surface area contributed by atoms with Gasteiger partial charge < -0.3 is 10.2 Å². The number of carbonyl (C=O) groups excluding carboxylic acids is 2. The summed E-state index contributed by atoms with van der Waals surface area (Å²) in [6, 6.07) is 22.1. The normalized spacial score (nSPS) is 12.0. The van der Waals surface area contributed by atoms with Crippen LogP contribution in [0.1, 0.15) is 30.5 Å². The molecular weight excluding hydrogens is 474 g/mol. The van der Waals surface area contributed by atoms with E-state index in [1.54, 1.807) is 56.3 Å². The van der Waals surface area contributed by atoms with E-state index in [2.05, 4.69) is 5.32 Å². The summed E-state index contributed by atoms with van der Waals surface area (Å²) in [5.41, 5.74) is 2.90. The van der Waals surface area contributed by atoms with Gasteiger partial charge in [0.1, 0.15) is 12.6 Å². The molecule has 0 aromatic heterocycles. The van der Waals surface area contributed by atoms with Gasteiger partial charge in [-0.2, -0.15) is 0 Å². The number of carbonyl (C=O) groups is 2. The molecule has 1 atom stereocenters. The topological polar surface area (TPSA) is 86.8 Å². The summed E-state index contributed by atoms with van der Waals surface area (Å²) in [6.07, 6.45) is 0. The van der Waals surface area contributed by atoms with Gasteiger partial charge in [0.05, 0.1) is 10.6 Å². The Morgan fingerprint density at radius 2 is 1.50 bits per heavy atom. The third kappa shape index (κ3) is 6.31. The van der Waals surface area contributed by atoms with E-state index in [-0.39, 0.29) is 17.3 Å². The van der Waals surface area contributed by atoms with E-state index in [1.807, 2.05) is 50.2 Å². The number of rotatable bonds is 10. The van der Waals surface area contributed by atoms with Crippen molar-refractivity contribution < 1.29 is 18.0 Å². The predicted octanol–water partition coefficient (Wildman–Crippen LogP) is 4.05. The average molecular weight is 508 g/mol. The van der Waals surface area contributed by atoms with Crippen molar-refractivity contribution in [2.75, 3.05) is 17.4 Å². The molecule has 0 saturated heterocycles. The summed E-state index contributed by atoms with van der Waals surface area (Å²) < 4.78 is 28.7. The molecule has 8 heteroatoms. The highest BCUT2D eigenvalue weighted by molar-refractivity contribution is 7.92. The van der Waals surface area contributed by atoms with Gasteiger partial charge in [0, 0.05) is 13.1 Å². The number of para-hydroxylation sites is 1. The van der Waals surface area contributed by atoms with Crippen LogP contribution in [0.3, 0.4) is 0 Å². The highest BCUT2D eigenvalue weighted by Crippen LogP contribution is 2.27. The maximum Gasteiger partial charge on any atom is 0.264 e. The molecule has 190 valence electrons. The molecule has 0 radical (unpaired) electrons. The monoisotopic (exact) mass is 507 g/mol. The van der Waals surface area contributed by atoms with Crippen molar-refractivity contribution >= 4 is 27.5 Å². The minimum Gasteiger partial charge on any atom is -0.355 e. The Hall–Kier alpha value is -3.65. The number of anilines is 1. The fourth-order valence-electron chi connectivity index (χ4n) is 3.88. The molecule has 1 N–H and O–H groups in total. The third-order valence-electron chi connectivity index (χ3n) is 5.99. The number of likely N-dealkylation sites (N-methyl/N-ethyl adjacent to an activating group) is 1. The molecular formula is C28H33N3O4S. The smallest absolute Gasteiger partial charge is 0.264 e. The van der Waals surface area contributed by atoms with E-state index in [4.69, 9.17) is 0 Å². The lowest BCUT2D eigenvalue weighted by Crippen LogP contribution is -2.51. The number of aryl methyl sites for hydroxylation is 2. The van der Waals surface area contributed by atoms with Crippen LogP contribution < -0.4 is 9.62 Å². The first-order chi connectivity index (χ1) is 17.1. The van der Waals surface area contributed by atoms with E-state index in [0.717, 1.165) is 15.4 Å². The highest BCUT2D eigenvalue weighted by atomic mass is 32.2. The van der Waals surface area contributed by atoms with Crippen LogP contribution in [0, 0.1) is 13.8 Å². The van der Waals surface area contributed by atoms with Crippen molar-refractivity contribution in [1.29, 1.82) is 0 Å². The van der Waals surface area contributed by atoms with Crippen LogP contribution in [0.15, 0.2) is 83.8 Å². The molecule has 0 fully saturated rings. The quantitative estimate of drug-likeness (QED) is 0.449. The zero-order valence-corrected chi connectivity index (χ0v) is 22.0. The Labute approximate surface area is 213 Å². The SMILES string of the molecule is CCNC(=O)[C@H](C)N(Cc1ccccc1)C(=O)CN(c1ccccc1C)S(=O)(=O)c1ccc(C)cc1. The second-order valence-corrected chi connectivity index (χ2v) is 10.6. The summed E-state index contributed by atoms with van der Waals surface area (Å²) in [5.74, 6) is -0.776. The molecule has 3 aromatic carbocycles. The number of nitrogens with zero attached hydrogens (tertiary/aromatic N) is 2. The first-order valence-corrected chi connectivity index (χ1v) is 13.3. The second-order valence-electron chi connectivity index (χ2n) is 8.69. The van der Waals surface area contributed by atoms with Gasteiger partial charge >= 0.3 is 0 Å². The largest absolute Gasteiger partial charge is 0.355 e. The zero-order valence-electron chi connectivity index (χ0n) is 21.1. The zero-order chi connectivity index (χ0) is 26.3. The van der Waals surface area contributed by atoms with Crippen molar-refractivity contribution in [1.82, 2.24) is 10.2 Å². The molecule has 7 nitrogen and oxygen atoms in total. The number of hydrogen-bond donors (Lipinski definition) is 1. The lowest BCUT2D eigenvalue weighted by Gasteiger charge is -2.32. The van der Waals surface area contributed by atoms with Gasteiger partial charge in [0.2, 0.25) is 11.8 Å². The summed E-state index contributed by atoms with van der Waals surface area (Å²) in [5, 5.41) is 2.76. The molecule has 0 aliphatic rings. The Kier molecular flexibility index (Phi) is 8.88. The maximum atomic E-state index is 13.8. The molecule has 0 unspecified atom stereocenters. The minimum absolute atomic E-state index is 0.0931. The van der Waals surface area contributed by atoms with E-state index < -0.39 is 28.5 Å². The first-order valence-electron chi connectivity index (χ1n) is 11.9. The molecule has 0 spiro atoms. The molecule has 0 bridgehead atoms. The third-order valence-corrected chi connectivity index (χ3v) is 7.76. The Balaban J connectivity index is 2.03. The fraction of sp³-hybridized carbons (Fsp3) is 0.286. The molecule has 0 aliphatic heterocycles. The van der Waals surface area contributed by atoms with Crippen LogP contribution in [0.5, 0.6) is 0 Å². The molecule has 36 heavy (non-hydrogen) atoms. The predicted molar refractivity (Wildman–Crippen MR) is 142 cm³/mol. The number of sulfonamides is 1. The van der Waals surface area contributed by atoms with Gasteiger partial charge in [-0.25, -0.2) is 8.42 Å². The Morgan fingerprint density at radius 3 is 2.11 bits per heavy atom. The highest BCUT2D eigenvalue weighted by Gasteiger charge is 2.32. The van der Waals surface area contributed by atoms with Crippen molar-refractivity contribution in [3.05, 3.63) is 95.6 Å². The van der Waals surface area contributed by atoms with E-state index in [1.165, 1.54) is 4.90 Å². The van der Waals surface area contributed by atoms with Crippen LogP contribution >= 0.6 is 0 Å². The summed E-state index contributed by atoms with van der Waals surface area (Å²) >= 11 is 0. The van der Waals surface area contributed by atoms with Gasteiger partial charge in [-0.05, 0) is 57.0 Å². The molecule has 2 amide bonds. The van der Waals surface area contributed by atoms with Gasteiger partial charge in [0.15, 0.2) is 0 Å². The van der Waals surface area contributed by atoms with Gasteiger partial charge in [-0.15, -0.1) is 0 Å². The first kappa shape index (κ1) is 26.9. The molecule has 3 aromatic rings. The molecule has 0 aliphatic carbocycles.